The lowest BCUT2D eigenvalue weighted by Crippen LogP contribution is -2.14. The van der Waals surface area contributed by atoms with Crippen molar-refractivity contribution in [2.24, 2.45) is 0 Å². The van der Waals surface area contributed by atoms with Gasteiger partial charge >= 0.3 is 0 Å². The van der Waals surface area contributed by atoms with Gasteiger partial charge in [-0.2, -0.15) is 0 Å². The summed E-state index contributed by atoms with van der Waals surface area (Å²) in [5.41, 5.74) is 0.994. The predicted octanol–water partition coefficient (Wildman–Crippen LogP) is 1.86. The van der Waals surface area contributed by atoms with E-state index in [-0.39, 0.29) is 5.75 Å². The molecule has 1 N–H and O–H groups in total. The molecular weight excluding hydrogens is 230 g/mol. The maximum Gasteiger partial charge on any atom is 0.149 e. The first-order valence-corrected chi connectivity index (χ1v) is 7.86. The smallest absolute Gasteiger partial charge is 0.149 e. The molecule has 0 aromatic heterocycles. The average Bonchev–Trinajstić information content (AvgIpc) is 2.16. The Balaban J connectivity index is 2.58. The summed E-state index contributed by atoms with van der Waals surface area (Å²) in [6.45, 7) is 0.455. The summed E-state index contributed by atoms with van der Waals surface area (Å²) < 4.78 is 21.9. The zero-order valence-electron chi connectivity index (χ0n) is 8.86. The maximum absolute atomic E-state index is 10.9. The van der Waals surface area contributed by atoms with E-state index in [1.54, 1.807) is 11.8 Å². The Morgan fingerprint density at radius 2 is 2.00 bits per heavy atom. The van der Waals surface area contributed by atoms with Crippen molar-refractivity contribution < 1.29 is 8.42 Å². The van der Waals surface area contributed by atoms with Gasteiger partial charge in [-0.1, -0.05) is 12.1 Å². The molecule has 0 unspecified atom stereocenters. The van der Waals surface area contributed by atoms with Crippen LogP contribution in [-0.4, -0.2) is 33.2 Å². The van der Waals surface area contributed by atoms with Gasteiger partial charge in [0.05, 0.1) is 5.75 Å². The van der Waals surface area contributed by atoms with Crippen molar-refractivity contribution in [3.05, 3.63) is 24.3 Å². The van der Waals surface area contributed by atoms with E-state index in [9.17, 15) is 8.42 Å². The summed E-state index contributed by atoms with van der Waals surface area (Å²) in [5, 5.41) is 3.12. The molecule has 0 fully saturated rings. The van der Waals surface area contributed by atoms with Crippen LogP contribution in [0.25, 0.3) is 0 Å². The average molecular weight is 245 g/mol. The Morgan fingerprint density at radius 3 is 2.60 bits per heavy atom. The first kappa shape index (κ1) is 12.4. The van der Waals surface area contributed by atoms with Crippen LogP contribution in [0.5, 0.6) is 0 Å². The van der Waals surface area contributed by atoms with Crippen LogP contribution >= 0.6 is 11.8 Å². The zero-order chi connectivity index (χ0) is 11.3. The monoisotopic (exact) mass is 245 g/mol. The van der Waals surface area contributed by atoms with Crippen LogP contribution in [0.15, 0.2) is 29.2 Å². The van der Waals surface area contributed by atoms with Gasteiger partial charge in [-0.05, 0) is 18.4 Å². The van der Waals surface area contributed by atoms with Gasteiger partial charge < -0.3 is 5.32 Å². The molecule has 0 aliphatic heterocycles. The predicted molar refractivity (Wildman–Crippen MR) is 66.4 cm³/mol. The van der Waals surface area contributed by atoms with E-state index in [4.69, 9.17) is 0 Å². The molecule has 5 heteroatoms. The van der Waals surface area contributed by atoms with Crippen molar-refractivity contribution in [3.63, 3.8) is 0 Å². The third kappa shape index (κ3) is 4.57. The molecule has 0 amide bonds. The molecule has 0 bridgehead atoms. The Labute approximate surface area is 95.2 Å². The number of nitrogens with one attached hydrogen (secondary N) is 1. The van der Waals surface area contributed by atoms with Gasteiger partial charge in [0.1, 0.15) is 9.84 Å². The second-order valence-electron chi connectivity index (χ2n) is 3.26. The molecule has 15 heavy (non-hydrogen) atoms. The summed E-state index contributed by atoms with van der Waals surface area (Å²) in [4.78, 5) is 1.13. The minimum absolute atomic E-state index is 0.162. The lowest BCUT2D eigenvalue weighted by Gasteiger charge is -2.09. The molecule has 0 aliphatic carbocycles. The van der Waals surface area contributed by atoms with Crippen LogP contribution in [0.4, 0.5) is 5.69 Å². The number of para-hydroxylation sites is 1. The van der Waals surface area contributed by atoms with Crippen LogP contribution in [0.2, 0.25) is 0 Å². The van der Waals surface area contributed by atoms with Crippen molar-refractivity contribution in [2.75, 3.05) is 30.1 Å². The topological polar surface area (TPSA) is 46.2 Å². The summed E-state index contributed by atoms with van der Waals surface area (Å²) in [6.07, 6.45) is 3.24. The molecule has 1 aromatic rings. The number of thioether (sulfide) groups is 1. The van der Waals surface area contributed by atoms with Crippen molar-refractivity contribution in [2.45, 2.75) is 4.90 Å². The first-order chi connectivity index (χ1) is 7.03. The van der Waals surface area contributed by atoms with Gasteiger partial charge in [-0.15, -0.1) is 11.8 Å². The Kier molecular flexibility index (Phi) is 4.47. The second-order valence-corrected chi connectivity index (χ2v) is 6.36. The quantitative estimate of drug-likeness (QED) is 0.804. The molecule has 0 saturated heterocycles. The molecule has 0 saturated carbocycles. The van der Waals surface area contributed by atoms with Crippen LogP contribution in [0.3, 0.4) is 0 Å². The summed E-state index contributed by atoms with van der Waals surface area (Å²) in [7, 11) is -2.88. The van der Waals surface area contributed by atoms with Crippen LogP contribution < -0.4 is 5.32 Å². The van der Waals surface area contributed by atoms with Gasteiger partial charge in [0.15, 0.2) is 0 Å². The fraction of sp³-hybridized carbons (Fsp3) is 0.400. The first-order valence-electron chi connectivity index (χ1n) is 4.57. The molecule has 84 valence electrons. The highest BCUT2D eigenvalue weighted by Gasteiger charge is 2.03. The molecule has 0 aliphatic rings. The maximum atomic E-state index is 10.9. The summed E-state index contributed by atoms with van der Waals surface area (Å²) in [5.74, 6) is 0.162. The van der Waals surface area contributed by atoms with Gasteiger partial charge in [-0.25, -0.2) is 8.42 Å². The minimum atomic E-state index is -2.88. The molecule has 3 nitrogen and oxygen atoms in total. The number of benzene rings is 1. The molecule has 1 aromatic carbocycles. The number of rotatable bonds is 5. The van der Waals surface area contributed by atoms with Crippen molar-refractivity contribution in [3.8, 4) is 0 Å². The lowest BCUT2D eigenvalue weighted by molar-refractivity contribution is 0.602. The van der Waals surface area contributed by atoms with E-state index in [0.717, 1.165) is 10.6 Å². The van der Waals surface area contributed by atoms with Gasteiger partial charge in [-0.3, -0.25) is 0 Å². The fourth-order valence-corrected chi connectivity index (χ4v) is 2.21. The molecule has 0 spiro atoms. The normalized spacial score (nSPS) is 11.3. The third-order valence-corrected chi connectivity index (χ3v) is 3.64. The van der Waals surface area contributed by atoms with E-state index in [1.165, 1.54) is 6.26 Å². The highest BCUT2D eigenvalue weighted by Crippen LogP contribution is 2.24. The number of anilines is 1. The Bertz CT molecular complexity index is 415. The Hall–Kier alpha value is -0.680. The van der Waals surface area contributed by atoms with Crippen molar-refractivity contribution in [1.29, 1.82) is 0 Å². The molecular formula is C10H15NO2S2. The minimum Gasteiger partial charge on any atom is -0.383 e. The van der Waals surface area contributed by atoms with Gasteiger partial charge in [0.25, 0.3) is 0 Å². The van der Waals surface area contributed by atoms with E-state index in [2.05, 4.69) is 5.32 Å². The number of hydrogen-bond acceptors (Lipinski definition) is 4. The van der Waals surface area contributed by atoms with E-state index >= 15 is 0 Å². The zero-order valence-corrected chi connectivity index (χ0v) is 10.5. The molecule has 1 rings (SSSR count). The van der Waals surface area contributed by atoms with Crippen LogP contribution in [0.1, 0.15) is 0 Å². The second kappa shape index (κ2) is 5.42. The van der Waals surface area contributed by atoms with Crippen LogP contribution in [-0.2, 0) is 9.84 Å². The highest BCUT2D eigenvalue weighted by atomic mass is 32.2. The highest BCUT2D eigenvalue weighted by molar-refractivity contribution is 7.98. The van der Waals surface area contributed by atoms with Gasteiger partial charge in [0, 0.05) is 23.4 Å². The number of sulfone groups is 1. The van der Waals surface area contributed by atoms with Crippen LogP contribution in [0, 0.1) is 0 Å². The van der Waals surface area contributed by atoms with E-state index in [1.807, 2.05) is 30.5 Å². The standard InChI is InChI=1S/C10H15NO2S2/c1-14-10-6-4-3-5-9(10)11-7-8-15(2,12)13/h3-6,11H,7-8H2,1-2H3. The molecule has 0 radical (unpaired) electrons. The number of hydrogen-bond donors (Lipinski definition) is 1. The summed E-state index contributed by atoms with van der Waals surface area (Å²) >= 11 is 1.64. The fourth-order valence-electron chi connectivity index (χ4n) is 1.16. The Morgan fingerprint density at radius 1 is 1.33 bits per heavy atom. The van der Waals surface area contributed by atoms with E-state index < -0.39 is 9.84 Å². The summed E-state index contributed by atoms with van der Waals surface area (Å²) in [6, 6.07) is 7.86. The largest absolute Gasteiger partial charge is 0.383 e. The van der Waals surface area contributed by atoms with Crippen molar-refractivity contribution in [1.82, 2.24) is 0 Å². The SMILES string of the molecule is CSc1ccccc1NCCS(C)(=O)=O. The van der Waals surface area contributed by atoms with Gasteiger partial charge in [0.2, 0.25) is 0 Å². The molecule has 0 atom stereocenters. The van der Waals surface area contributed by atoms with Crippen molar-refractivity contribution >= 4 is 27.3 Å². The third-order valence-electron chi connectivity index (χ3n) is 1.90. The lowest BCUT2D eigenvalue weighted by atomic mass is 10.3. The van der Waals surface area contributed by atoms with E-state index in [0.29, 0.717) is 6.54 Å². The molecule has 0 heterocycles.